The predicted octanol–water partition coefficient (Wildman–Crippen LogP) is 5.88. The molecular weight excluding hydrogens is 248 g/mol. The Labute approximate surface area is 125 Å². The molecule has 0 rings (SSSR count). The van der Waals surface area contributed by atoms with Crippen molar-refractivity contribution in [3.63, 3.8) is 0 Å². The van der Waals surface area contributed by atoms with Crippen molar-refractivity contribution >= 4 is 5.97 Å². The van der Waals surface area contributed by atoms with E-state index in [1.54, 1.807) is 5.57 Å². The van der Waals surface area contributed by atoms with Gasteiger partial charge in [0, 0.05) is 6.42 Å². The SMILES string of the molecule is CCCC(=CCC/C=C/CCCCCC(=O)O)CCC. The first-order valence-electron chi connectivity index (χ1n) is 8.25. The molecule has 0 unspecified atom stereocenters. The number of rotatable bonds is 13. The molecule has 0 spiro atoms. The Morgan fingerprint density at radius 2 is 1.50 bits per heavy atom. The predicted molar refractivity (Wildman–Crippen MR) is 87.0 cm³/mol. The maximum atomic E-state index is 10.3. The van der Waals surface area contributed by atoms with Gasteiger partial charge in [-0.2, -0.15) is 0 Å². The molecule has 0 atom stereocenters. The van der Waals surface area contributed by atoms with Crippen molar-refractivity contribution in [3.8, 4) is 0 Å². The summed E-state index contributed by atoms with van der Waals surface area (Å²) in [6.45, 7) is 4.49. The molecule has 2 heteroatoms. The summed E-state index contributed by atoms with van der Waals surface area (Å²) in [5.41, 5.74) is 1.62. The summed E-state index contributed by atoms with van der Waals surface area (Å²) in [5, 5.41) is 8.51. The second kappa shape index (κ2) is 14.4. The Kier molecular flexibility index (Phi) is 13.6. The number of carboxylic acids is 1. The molecule has 0 amide bonds. The number of aliphatic carboxylic acids is 1. The van der Waals surface area contributed by atoms with Gasteiger partial charge in [-0.25, -0.2) is 0 Å². The Balaban J connectivity index is 3.55. The smallest absolute Gasteiger partial charge is 0.303 e. The van der Waals surface area contributed by atoms with E-state index in [4.69, 9.17) is 5.11 Å². The van der Waals surface area contributed by atoms with E-state index in [9.17, 15) is 4.79 Å². The van der Waals surface area contributed by atoms with E-state index in [1.165, 1.54) is 25.7 Å². The van der Waals surface area contributed by atoms with E-state index >= 15 is 0 Å². The van der Waals surface area contributed by atoms with E-state index in [-0.39, 0.29) is 0 Å². The molecule has 0 fully saturated rings. The van der Waals surface area contributed by atoms with Crippen LogP contribution in [0, 0.1) is 0 Å². The first kappa shape index (κ1) is 18.9. The van der Waals surface area contributed by atoms with E-state index in [1.807, 2.05) is 0 Å². The molecule has 0 heterocycles. The molecule has 0 aliphatic carbocycles. The molecule has 0 aliphatic heterocycles. The minimum Gasteiger partial charge on any atom is -0.481 e. The first-order valence-corrected chi connectivity index (χ1v) is 8.25. The summed E-state index contributed by atoms with van der Waals surface area (Å²) in [7, 11) is 0. The van der Waals surface area contributed by atoms with E-state index in [2.05, 4.69) is 32.1 Å². The number of unbranched alkanes of at least 4 members (excludes halogenated alkanes) is 4. The number of allylic oxidation sites excluding steroid dienone is 4. The fourth-order valence-electron chi connectivity index (χ4n) is 2.31. The highest BCUT2D eigenvalue weighted by Crippen LogP contribution is 2.13. The van der Waals surface area contributed by atoms with Gasteiger partial charge in [0.15, 0.2) is 0 Å². The molecule has 0 bridgehead atoms. The average molecular weight is 280 g/mol. The van der Waals surface area contributed by atoms with Crippen LogP contribution in [0.1, 0.15) is 84.5 Å². The van der Waals surface area contributed by atoms with Crippen LogP contribution in [0.25, 0.3) is 0 Å². The summed E-state index contributed by atoms with van der Waals surface area (Å²) < 4.78 is 0. The molecule has 1 N–H and O–H groups in total. The van der Waals surface area contributed by atoms with Crippen LogP contribution < -0.4 is 0 Å². The van der Waals surface area contributed by atoms with Crippen molar-refractivity contribution in [2.45, 2.75) is 84.5 Å². The summed E-state index contributed by atoms with van der Waals surface area (Å²) in [6, 6.07) is 0. The molecular formula is C18H32O2. The zero-order valence-electron chi connectivity index (χ0n) is 13.4. The Morgan fingerprint density at radius 1 is 0.850 bits per heavy atom. The number of carboxylic acid groups (broad SMARTS) is 1. The molecule has 0 aliphatic rings. The monoisotopic (exact) mass is 280 g/mol. The largest absolute Gasteiger partial charge is 0.481 e. The third kappa shape index (κ3) is 13.4. The first-order chi connectivity index (χ1) is 9.70. The second-order valence-electron chi connectivity index (χ2n) is 5.40. The molecule has 20 heavy (non-hydrogen) atoms. The topological polar surface area (TPSA) is 37.3 Å². The highest BCUT2D eigenvalue weighted by atomic mass is 16.4. The maximum absolute atomic E-state index is 10.3. The van der Waals surface area contributed by atoms with Crippen LogP contribution in [0.3, 0.4) is 0 Å². The van der Waals surface area contributed by atoms with Crippen molar-refractivity contribution in [3.05, 3.63) is 23.8 Å². The van der Waals surface area contributed by atoms with Gasteiger partial charge in [0.05, 0.1) is 0 Å². The fraction of sp³-hybridized carbons (Fsp3) is 0.722. The van der Waals surface area contributed by atoms with Crippen LogP contribution in [0.15, 0.2) is 23.8 Å². The lowest BCUT2D eigenvalue weighted by Crippen LogP contribution is -1.93. The van der Waals surface area contributed by atoms with Crippen molar-refractivity contribution in [1.82, 2.24) is 0 Å². The van der Waals surface area contributed by atoms with Gasteiger partial charge in [-0.05, 0) is 44.9 Å². The Hall–Kier alpha value is -1.05. The number of hydrogen-bond donors (Lipinski definition) is 1. The lowest BCUT2D eigenvalue weighted by Gasteiger charge is -2.03. The average Bonchev–Trinajstić information content (AvgIpc) is 2.41. The van der Waals surface area contributed by atoms with Crippen molar-refractivity contribution < 1.29 is 9.90 Å². The maximum Gasteiger partial charge on any atom is 0.303 e. The van der Waals surface area contributed by atoms with Crippen LogP contribution in [-0.2, 0) is 4.79 Å². The van der Waals surface area contributed by atoms with Gasteiger partial charge in [0.2, 0.25) is 0 Å². The highest BCUT2D eigenvalue weighted by molar-refractivity contribution is 5.66. The summed E-state index contributed by atoms with van der Waals surface area (Å²) in [6.07, 6.45) is 18.6. The van der Waals surface area contributed by atoms with Crippen LogP contribution in [-0.4, -0.2) is 11.1 Å². The number of hydrogen-bond acceptors (Lipinski definition) is 1. The summed E-state index contributed by atoms with van der Waals surface area (Å²) in [5.74, 6) is -0.678. The van der Waals surface area contributed by atoms with Gasteiger partial charge in [-0.15, -0.1) is 0 Å². The summed E-state index contributed by atoms with van der Waals surface area (Å²) >= 11 is 0. The second-order valence-corrected chi connectivity index (χ2v) is 5.40. The molecule has 0 radical (unpaired) electrons. The van der Waals surface area contributed by atoms with E-state index < -0.39 is 5.97 Å². The molecule has 116 valence electrons. The normalized spacial score (nSPS) is 10.9. The van der Waals surface area contributed by atoms with Gasteiger partial charge in [-0.3, -0.25) is 4.79 Å². The Morgan fingerprint density at radius 3 is 2.10 bits per heavy atom. The molecule has 0 aromatic carbocycles. The molecule has 0 saturated heterocycles. The fourth-order valence-corrected chi connectivity index (χ4v) is 2.31. The third-order valence-electron chi connectivity index (χ3n) is 3.34. The molecule has 2 nitrogen and oxygen atoms in total. The lowest BCUT2D eigenvalue weighted by molar-refractivity contribution is -0.137. The minimum atomic E-state index is -0.678. The van der Waals surface area contributed by atoms with Crippen LogP contribution >= 0.6 is 0 Å². The Bertz CT molecular complexity index is 282. The van der Waals surface area contributed by atoms with E-state index in [0.29, 0.717) is 6.42 Å². The lowest BCUT2D eigenvalue weighted by atomic mass is 10.0. The molecule has 0 saturated carbocycles. The summed E-state index contributed by atoms with van der Waals surface area (Å²) in [4.78, 5) is 10.3. The standard InChI is InChI=1S/C18H32O2/c1-3-13-17(14-4-2)15-11-9-7-5-6-8-10-12-16-18(19)20/h5,7,15H,3-4,6,8-14,16H2,1-2H3,(H,19,20)/b7-5+. The van der Waals surface area contributed by atoms with Gasteiger partial charge in [-0.1, -0.05) is 56.9 Å². The minimum absolute atomic E-state index is 0.312. The third-order valence-corrected chi connectivity index (χ3v) is 3.34. The van der Waals surface area contributed by atoms with Crippen molar-refractivity contribution in [2.24, 2.45) is 0 Å². The van der Waals surface area contributed by atoms with E-state index in [0.717, 1.165) is 38.5 Å². The zero-order chi connectivity index (χ0) is 15.1. The molecule has 0 aromatic rings. The van der Waals surface area contributed by atoms with Gasteiger partial charge in [0.25, 0.3) is 0 Å². The molecule has 0 aromatic heterocycles. The van der Waals surface area contributed by atoms with Gasteiger partial charge >= 0.3 is 5.97 Å². The van der Waals surface area contributed by atoms with Crippen LogP contribution in [0.5, 0.6) is 0 Å². The van der Waals surface area contributed by atoms with Gasteiger partial charge < -0.3 is 5.11 Å². The number of carbonyl (C=O) groups is 1. The van der Waals surface area contributed by atoms with Gasteiger partial charge in [0.1, 0.15) is 0 Å². The van der Waals surface area contributed by atoms with Crippen LogP contribution in [0.4, 0.5) is 0 Å². The zero-order valence-corrected chi connectivity index (χ0v) is 13.4. The van der Waals surface area contributed by atoms with Crippen molar-refractivity contribution in [1.29, 1.82) is 0 Å². The van der Waals surface area contributed by atoms with Crippen LogP contribution in [0.2, 0.25) is 0 Å². The quantitative estimate of drug-likeness (QED) is 0.337. The highest BCUT2D eigenvalue weighted by Gasteiger charge is 1.95. The van der Waals surface area contributed by atoms with Crippen molar-refractivity contribution in [2.75, 3.05) is 0 Å².